The van der Waals surface area contributed by atoms with Gasteiger partial charge in [0.15, 0.2) is 9.84 Å². The van der Waals surface area contributed by atoms with Crippen LogP contribution in [0.1, 0.15) is 30.1 Å². The second-order valence-corrected chi connectivity index (χ2v) is 7.88. The van der Waals surface area contributed by atoms with Gasteiger partial charge in [-0.25, -0.2) is 8.42 Å². The average Bonchev–Trinajstić information content (AvgIpc) is 3.05. The highest BCUT2D eigenvalue weighted by Gasteiger charge is 2.27. The number of hydrogen-bond donors (Lipinski definition) is 2. The number of carbonyl (C=O) groups excluding carboxylic acids is 2. The minimum atomic E-state index is -3.76. The monoisotopic (exact) mass is 353 g/mol. The Morgan fingerprint density at radius 2 is 1.96 bits per heavy atom. The second kappa shape index (κ2) is 7.76. The Bertz CT molecular complexity index is 695. The number of nitrogens with two attached hydrogens (primary N) is 1. The molecule has 1 aliphatic heterocycles. The molecule has 2 amide bonds. The lowest BCUT2D eigenvalue weighted by Gasteiger charge is -2.28. The van der Waals surface area contributed by atoms with Crippen molar-refractivity contribution in [3.8, 4) is 0 Å². The van der Waals surface area contributed by atoms with Crippen molar-refractivity contribution in [3.05, 3.63) is 29.8 Å². The highest BCUT2D eigenvalue weighted by atomic mass is 32.2. The Kier molecular flexibility index (Phi) is 5.95. The van der Waals surface area contributed by atoms with Crippen LogP contribution in [0.3, 0.4) is 0 Å². The summed E-state index contributed by atoms with van der Waals surface area (Å²) in [5, 5.41) is 3.25. The summed E-state index contributed by atoms with van der Waals surface area (Å²) in [5.41, 5.74) is 5.39. The molecule has 0 radical (unpaired) electrons. The number of carbonyl (C=O) groups is 2. The first-order chi connectivity index (χ1) is 11.3. The molecular formula is C16H23N3O4S. The molecule has 1 unspecified atom stereocenters. The van der Waals surface area contributed by atoms with Gasteiger partial charge in [-0.3, -0.25) is 9.59 Å². The van der Waals surface area contributed by atoms with Gasteiger partial charge in [0.2, 0.25) is 5.91 Å². The SMILES string of the molecule is CCCN(C(=O)c1ccc(S(=O)(=O)CC(N)=O)cc1)C1CCNC1. The van der Waals surface area contributed by atoms with E-state index in [0.29, 0.717) is 12.1 Å². The molecule has 0 spiro atoms. The van der Waals surface area contributed by atoms with Crippen molar-refractivity contribution in [2.75, 3.05) is 25.4 Å². The van der Waals surface area contributed by atoms with Crippen LogP contribution in [0.5, 0.6) is 0 Å². The highest BCUT2D eigenvalue weighted by Crippen LogP contribution is 2.17. The Morgan fingerprint density at radius 3 is 2.46 bits per heavy atom. The number of amides is 2. The molecule has 1 atom stereocenters. The summed E-state index contributed by atoms with van der Waals surface area (Å²) in [7, 11) is -3.76. The number of sulfone groups is 1. The molecule has 1 saturated heterocycles. The van der Waals surface area contributed by atoms with Gasteiger partial charge in [-0.05, 0) is 43.7 Å². The molecule has 8 heteroatoms. The molecule has 1 aromatic carbocycles. The van der Waals surface area contributed by atoms with E-state index in [1.54, 1.807) is 0 Å². The van der Waals surface area contributed by atoms with Gasteiger partial charge in [0, 0.05) is 24.7 Å². The van der Waals surface area contributed by atoms with Crippen LogP contribution in [0.25, 0.3) is 0 Å². The van der Waals surface area contributed by atoms with E-state index >= 15 is 0 Å². The van der Waals surface area contributed by atoms with Gasteiger partial charge in [0.25, 0.3) is 5.91 Å². The summed E-state index contributed by atoms with van der Waals surface area (Å²) in [4.78, 5) is 25.4. The maximum absolute atomic E-state index is 12.7. The molecule has 3 N–H and O–H groups in total. The fourth-order valence-electron chi connectivity index (χ4n) is 2.84. The molecule has 1 aliphatic rings. The van der Waals surface area contributed by atoms with E-state index in [1.165, 1.54) is 24.3 Å². The lowest BCUT2D eigenvalue weighted by atomic mass is 10.1. The van der Waals surface area contributed by atoms with Crippen molar-refractivity contribution in [3.63, 3.8) is 0 Å². The Labute approximate surface area is 142 Å². The van der Waals surface area contributed by atoms with Gasteiger partial charge >= 0.3 is 0 Å². The first-order valence-corrected chi connectivity index (χ1v) is 9.63. The van der Waals surface area contributed by atoms with E-state index < -0.39 is 21.5 Å². The summed E-state index contributed by atoms with van der Waals surface area (Å²) in [6, 6.07) is 5.84. The van der Waals surface area contributed by atoms with Crippen LogP contribution < -0.4 is 11.1 Å². The number of benzene rings is 1. The molecule has 0 aliphatic carbocycles. The quantitative estimate of drug-likeness (QED) is 0.726. The van der Waals surface area contributed by atoms with Crippen LogP contribution >= 0.6 is 0 Å². The zero-order valence-electron chi connectivity index (χ0n) is 13.7. The van der Waals surface area contributed by atoms with Crippen molar-refractivity contribution in [2.45, 2.75) is 30.7 Å². The first kappa shape index (κ1) is 18.4. The van der Waals surface area contributed by atoms with Gasteiger partial charge in [-0.15, -0.1) is 0 Å². The van der Waals surface area contributed by atoms with E-state index in [0.717, 1.165) is 25.9 Å². The molecule has 1 aromatic rings. The summed E-state index contributed by atoms with van der Waals surface area (Å²) in [6.07, 6.45) is 1.77. The topological polar surface area (TPSA) is 110 Å². The van der Waals surface area contributed by atoms with Crippen molar-refractivity contribution in [2.24, 2.45) is 5.73 Å². The molecule has 0 bridgehead atoms. The predicted octanol–water partition coefficient (Wildman–Crippen LogP) is 0.160. The molecular weight excluding hydrogens is 330 g/mol. The summed E-state index contributed by atoms with van der Waals surface area (Å²) >= 11 is 0. The second-order valence-electron chi connectivity index (χ2n) is 5.89. The number of nitrogens with one attached hydrogen (secondary N) is 1. The van der Waals surface area contributed by atoms with Crippen LogP contribution in [0.4, 0.5) is 0 Å². The van der Waals surface area contributed by atoms with E-state index in [4.69, 9.17) is 5.73 Å². The van der Waals surface area contributed by atoms with Gasteiger partial charge in [-0.1, -0.05) is 6.92 Å². The van der Waals surface area contributed by atoms with Crippen LogP contribution in [-0.2, 0) is 14.6 Å². The maximum atomic E-state index is 12.7. The zero-order valence-corrected chi connectivity index (χ0v) is 14.5. The Balaban J connectivity index is 2.19. The van der Waals surface area contributed by atoms with Crippen molar-refractivity contribution < 1.29 is 18.0 Å². The van der Waals surface area contributed by atoms with E-state index in [9.17, 15) is 18.0 Å². The van der Waals surface area contributed by atoms with Crippen LogP contribution in [0.15, 0.2) is 29.2 Å². The lowest BCUT2D eigenvalue weighted by Crippen LogP contribution is -2.42. The standard InChI is InChI=1S/C16H23N3O4S/c1-2-9-19(13-7-8-18-10-13)16(21)12-3-5-14(6-4-12)24(22,23)11-15(17)20/h3-6,13,18H,2,7-11H2,1H3,(H2,17,20). The summed E-state index contributed by atoms with van der Waals surface area (Å²) in [6.45, 7) is 4.34. The van der Waals surface area contributed by atoms with Crippen molar-refractivity contribution >= 4 is 21.7 Å². The van der Waals surface area contributed by atoms with Crippen LogP contribution in [0, 0.1) is 0 Å². The fourth-order valence-corrected chi connectivity index (χ4v) is 3.93. The molecule has 2 rings (SSSR count). The number of primary amides is 1. The third-order valence-electron chi connectivity index (χ3n) is 3.99. The van der Waals surface area contributed by atoms with E-state index in [1.807, 2.05) is 11.8 Å². The van der Waals surface area contributed by atoms with Crippen LogP contribution in [0.2, 0.25) is 0 Å². The maximum Gasteiger partial charge on any atom is 0.254 e. The fraction of sp³-hybridized carbons (Fsp3) is 0.500. The van der Waals surface area contributed by atoms with E-state index in [2.05, 4.69) is 5.32 Å². The highest BCUT2D eigenvalue weighted by molar-refractivity contribution is 7.92. The number of hydrogen-bond acceptors (Lipinski definition) is 5. The molecule has 24 heavy (non-hydrogen) atoms. The third-order valence-corrected chi connectivity index (χ3v) is 5.65. The average molecular weight is 353 g/mol. The smallest absolute Gasteiger partial charge is 0.254 e. The van der Waals surface area contributed by atoms with Gasteiger partial charge < -0.3 is 16.0 Å². The minimum Gasteiger partial charge on any atom is -0.369 e. The summed E-state index contributed by atoms with van der Waals surface area (Å²) < 4.78 is 23.9. The molecule has 132 valence electrons. The molecule has 0 aromatic heterocycles. The molecule has 7 nitrogen and oxygen atoms in total. The first-order valence-electron chi connectivity index (χ1n) is 7.98. The molecule has 1 fully saturated rings. The number of rotatable bonds is 7. The van der Waals surface area contributed by atoms with Gasteiger partial charge in [0.05, 0.1) is 4.90 Å². The largest absolute Gasteiger partial charge is 0.369 e. The van der Waals surface area contributed by atoms with Crippen LogP contribution in [-0.4, -0.2) is 56.6 Å². The normalized spacial score (nSPS) is 17.6. The van der Waals surface area contributed by atoms with Crippen molar-refractivity contribution in [1.82, 2.24) is 10.2 Å². The third kappa shape index (κ3) is 4.33. The Morgan fingerprint density at radius 1 is 1.29 bits per heavy atom. The summed E-state index contributed by atoms with van der Waals surface area (Å²) in [5.74, 6) is -1.75. The molecule has 1 heterocycles. The van der Waals surface area contributed by atoms with E-state index in [-0.39, 0.29) is 16.8 Å². The minimum absolute atomic E-state index is 0.0116. The Hall–Kier alpha value is -1.93. The molecule has 0 saturated carbocycles. The van der Waals surface area contributed by atoms with Gasteiger partial charge in [-0.2, -0.15) is 0 Å². The van der Waals surface area contributed by atoms with Gasteiger partial charge in [0.1, 0.15) is 5.75 Å². The predicted molar refractivity (Wildman–Crippen MR) is 90.3 cm³/mol. The van der Waals surface area contributed by atoms with Crippen molar-refractivity contribution in [1.29, 1.82) is 0 Å². The zero-order chi connectivity index (χ0) is 17.7. The lowest BCUT2D eigenvalue weighted by molar-refractivity contribution is -0.115. The number of nitrogens with zero attached hydrogens (tertiary/aromatic N) is 1.